The second-order valence-corrected chi connectivity index (χ2v) is 4.55. The Morgan fingerprint density at radius 2 is 1.79 bits per heavy atom. The largest absolute Gasteiger partial charge is 0.471 e. The second-order valence-electron chi connectivity index (χ2n) is 4.55. The first-order chi connectivity index (χ1) is 10.6. The summed E-state index contributed by atoms with van der Waals surface area (Å²) in [4.78, 5) is 15.7. The van der Waals surface area contributed by atoms with E-state index in [0.29, 0.717) is 5.65 Å². The van der Waals surface area contributed by atoms with Crippen molar-refractivity contribution in [2.24, 2.45) is 5.73 Å². The van der Waals surface area contributed by atoms with Crippen LogP contribution in [0.4, 0.5) is 8.78 Å². The molecule has 0 saturated heterocycles. The molecular weight excluding hydrogens is 363 g/mol. The van der Waals surface area contributed by atoms with Crippen molar-refractivity contribution in [2.75, 3.05) is 0 Å². The number of imidazole rings is 1. The maximum atomic E-state index is 13.6. The van der Waals surface area contributed by atoms with Crippen molar-refractivity contribution in [3.05, 3.63) is 65.5 Å². The average Bonchev–Trinajstić information content (AvgIpc) is 2.85. The topological polar surface area (TPSA) is 69.6 Å². The van der Waals surface area contributed by atoms with Gasteiger partial charge in [-0.05, 0) is 24.3 Å². The third kappa shape index (κ3) is 3.58. The van der Waals surface area contributed by atoms with E-state index < -0.39 is 24.1 Å². The van der Waals surface area contributed by atoms with Crippen LogP contribution in [0.15, 0.2) is 42.6 Å². The number of amides is 1. The summed E-state index contributed by atoms with van der Waals surface area (Å²) in [6, 6.07) is 8.59. The summed E-state index contributed by atoms with van der Waals surface area (Å²) in [6.45, 7) is -0.400. The number of benzene rings is 1. The van der Waals surface area contributed by atoms with E-state index in [1.807, 2.05) is 0 Å². The lowest BCUT2D eigenvalue weighted by Crippen LogP contribution is -2.15. The van der Waals surface area contributed by atoms with Gasteiger partial charge in [-0.3, -0.25) is 9.20 Å². The fraction of sp³-hybridized carbons (Fsp3) is 0.0667. The molecular formula is C15H13Cl2F2N3O2. The van der Waals surface area contributed by atoms with E-state index in [0.717, 1.165) is 12.1 Å². The van der Waals surface area contributed by atoms with Gasteiger partial charge in [-0.15, -0.1) is 24.8 Å². The molecule has 9 heteroatoms. The van der Waals surface area contributed by atoms with E-state index in [2.05, 4.69) is 4.98 Å². The van der Waals surface area contributed by atoms with Crippen molar-refractivity contribution in [1.29, 1.82) is 0 Å². The molecule has 128 valence electrons. The van der Waals surface area contributed by atoms with Gasteiger partial charge in [0.05, 0.1) is 5.56 Å². The van der Waals surface area contributed by atoms with Crippen molar-refractivity contribution in [2.45, 2.75) is 6.61 Å². The van der Waals surface area contributed by atoms with Crippen LogP contribution in [0.25, 0.3) is 5.65 Å². The molecule has 3 rings (SSSR count). The predicted octanol–water partition coefficient (Wildman–Crippen LogP) is 3.13. The van der Waals surface area contributed by atoms with Gasteiger partial charge in [-0.25, -0.2) is 8.78 Å². The van der Waals surface area contributed by atoms with Gasteiger partial charge in [0, 0.05) is 6.20 Å². The van der Waals surface area contributed by atoms with Crippen LogP contribution in [0.2, 0.25) is 0 Å². The smallest absolute Gasteiger partial charge is 0.271 e. The molecule has 5 nitrogen and oxygen atoms in total. The zero-order chi connectivity index (χ0) is 15.7. The van der Waals surface area contributed by atoms with Crippen molar-refractivity contribution < 1.29 is 18.3 Å². The Morgan fingerprint density at radius 3 is 2.42 bits per heavy atom. The molecule has 24 heavy (non-hydrogen) atoms. The SMILES string of the molecule is Cl.Cl.NC(=O)c1c(OCc2c(F)cccc2F)nc2ccccn12. The number of nitrogens with zero attached hydrogens (tertiary/aromatic N) is 2. The summed E-state index contributed by atoms with van der Waals surface area (Å²) in [5.41, 5.74) is 5.55. The summed E-state index contributed by atoms with van der Waals surface area (Å²) in [5.74, 6) is -2.28. The fourth-order valence-corrected chi connectivity index (χ4v) is 2.11. The highest BCUT2D eigenvalue weighted by Gasteiger charge is 2.19. The molecule has 0 spiro atoms. The van der Waals surface area contributed by atoms with Crippen LogP contribution < -0.4 is 10.5 Å². The van der Waals surface area contributed by atoms with E-state index in [1.165, 1.54) is 10.5 Å². The summed E-state index contributed by atoms with van der Waals surface area (Å²) >= 11 is 0. The molecule has 3 aromatic rings. The standard InChI is InChI=1S/C15H11F2N3O2.2ClH/c16-10-4-3-5-11(17)9(10)8-22-15-13(14(18)21)20-7-2-1-6-12(20)19-15;;/h1-7H,8H2,(H2,18,21);2*1H. The molecule has 1 aromatic carbocycles. The maximum Gasteiger partial charge on any atom is 0.271 e. The zero-order valence-corrected chi connectivity index (χ0v) is 13.7. The highest BCUT2D eigenvalue weighted by atomic mass is 35.5. The Hall–Kier alpha value is -2.38. The van der Waals surface area contributed by atoms with Crippen LogP contribution in [0, 0.1) is 11.6 Å². The number of carbonyl (C=O) groups excluding carboxylic acids is 1. The second kappa shape index (κ2) is 7.94. The minimum Gasteiger partial charge on any atom is -0.471 e. The predicted molar refractivity (Wildman–Crippen MR) is 88.9 cm³/mol. The number of fused-ring (bicyclic) bond motifs is 1. The van der Waals surface area contributed by atoms with Gasteiger partial charge in [0.15, 0.2) is 5.69 Å². The molecule has 2 aromatic heterocycles. The van der Waals surface area contributed by atoms with Gasteiger partial charge in [-0.1, -0.05) is 12.1 Å². The van der Waals surface area contributed by atoms with E-state index in [9.17, 15) is 13.6 Å². The Labute approximate surface area is 148 Å². The van der Waals surface area contributed by atoms with Crippen LogP contribution in [0.1, 0.15) is 16.1 Å². The molecule has 0 saturated carbocycles. The number of aromatic nitrogens is 2. The zero-order valence-electron chi connectivity index (χ0n) is 12.1. The summed E-state index contributed by atoms with van der Waals surface area (Å²) in [7, 11) is 0. The molecule has 2 N–H and O–H groups in total. The molecule has 0 aliphatic heterocycles. The van der Waals surface area contributed by atoms with Crippen LogP contribution >= 0.6 is 24.8 Å². The van der Waals surface area contributed by atoms with Crippen LogP contribution in [0.3, 0.4) is 0 Å². The summed E-state index contributed by atoms with van der Waals surface area (Å²) in [6.07, 6.45) is 1.60. The lowest BCUT2D eigenvalue weighted by Gasteiger charge is -2.06. The molecule has 0 atom stereocenters. The number of primary amides is 1. The third-order valence-corrected chi connectivity index (χ3v) is 3.15. The lowest BCUT2D eigenvalue weighted by atomic mass is 10.2. The Morgan fingerprint density at radius 1 is 1.12 bits per heavy atom. The number of hydrogen-bond acceptors (Lipinski definition) is 3. The van der Waals surface area contributed by atoms with Crippen LogP contribution in [-0.2, 0) is 6.61 Å². The highest BCUT2D eigenvalue weighted by molar-refractivity contribution is 5.94. The lowest BCUT2D eigenvalue weighted by molar-refractivity contribution is 0.0989. The maximum absolute atomic E-state index is 13.6. The minimum absolute atomic E-state index is 0. The molecule has 1 amide bonds. The number of rotatable bonds is 4. The summed E-state index contributed by atoms with van der Waals surface area (Å²) < 4.78 is 33.9. The monoisotopic (exact) mass is 375 g/mol. The number of hydrogen-bond donors (Lipinski definition) is 1. The average molecular weight is 376 g/mol. The van der Waals surface area contributed by atoms with Gasteiger partial charge in [0.25, 0.3) is 5.91 Å². The number of nitrogens with two attached hydrogens (primary N) is 1. The molecule has 0 bridgehead atoms. The molecule has 0 unspecified atom stereocenters. The Bertz CT molecular complexity index is 851. The fourth-order valence-electron chi connectivity index (χ4n) is 2.11. The quantitative estimate of drug-likeness (QED) is 0.761. The molecule has 0 aliphatic rings. The molecule has 0 radical (unpaired) electrons. The molecule has 2 heterocycles. The number of halogens is 4. The Balaban J connectivity index is 0.00000144. The number of ether oxygens (including phenoxy) is 1. The first-order valence-electron chi connectivity index (χ1n) is 6.40. The van der Waals surface area contributed by atoms with Gasteiger partial charge in [-0.2, -0.15) is 4.98 Å². The molecule has 0 aliphatic carbocycles. The minimum atomic E-state index is -0.747. The Kier molecular flexibility index (Phi) is 6.51. The van der Waals surface area contributed by atoms with E-state index in [1.54, 1.807) is 24.4 Å². The third-order valence-electron chi connectivity index (χ3n) is 3.15. The van der Waals surface area contributed by atoms with Gasteiger partial charge >= 0.3 is 0 Å². The van der Waals surface area contributed by atoms with Crippen molar-refractivity contribution >= 4 is 36.4 Å². The first kappa shape index (κ1) is 19.7. The van der Waals surface area contributed by atoms with Gasteiger partial charge < -0.3 is 10.5 Å². The van der Waals surface area contributed by atoms with E-state index in [-0.39, 0.29) is 42.0 Å². The number of carbonyl (C=O) groups is 1. The van der Waals surface area contributed by atoms with E-state index in [4.69, 9.17) is 10.5 Å². The van der Waals surface area contributed by atoms with Crippen LogP contribution in [-0.4, -0.2) is 15.3 Å². The van der Waals surface area contributed by atoms with E-state index >= 15 is 0 Å². The first-order valence-corrected chi connectivity index (χ1v) is 6.40. The number of pyridine rings is 1. The van der Waals surface area contributed by atoms with Crippen molar-refractivity contribution in [1.82, 2.24) is 9.38 Å². The van der Waals surface area contributed by atoms with Crippen LogP contribution in [0.5, 0.6) is 5.88 Å². The van der Waals surface area contributed by atoms with Crippen molar-refractivity contribution in [3.63, 3.8) is 0 Å². The van der Waals surface area contributed by atoms with Crippen molar-refractivity contribution in [3.8, 4) is 5.88 Å². The normalized spacial score (nSPS) is 9.92. The van der Waals surface area contributed by atoms with Gasteiger partial charge in [0.1, 0.15) is 23.9 Å². The molecule has 0 fully saturated rings. The summed E-state index contributed by atoms with van der Waals surface area (Å²) in [5, 5.41) is 0. The van der Waals surface area contributed by atoms with Gasteiger partial charge in [0.2, 0.25) is 5.88 Å². The highest BCUT2D eigenvalue weighted by Crippen LogP contribution is 2.22.